The van der Waals surface area contributed by atoms with Crippen LogP contribution >= 0.6 is 0 Å². The number of benzene rings is 2. The van der Waals surface area contributed by atoms with Crippen molar-refractivity contribution in [3.63, 3.8) is 0 Å². The Hall–Kier alpha value is -4.90. The molecule has 0 aliphatic carbocycles. The predicted octanol–water partition coefficient (Wildman–Crippen LogP) is 3.62. The Morgan fingerprint density at radius 1 is 0.952 bits per heavy atom. The average molecular weight is 604 g/mol. The molecule has 0 saturated heterocycles. The van der Waals surface area contributed by atoms with E-state index in [9.17, 15) is 44.7 Å². The van der Waals surface area contributed by atoms with Crippen LogP contribution in [0.4, 0.5) is 35.1 Å². The molecule has 5 rings (SSSR count). The molecule has 2 aromatic heterocycles. The maximum absolute atomic E-state index is 14.6. The monoisotopic (exact) mass is 604 g/mol. The normalized spacial score (nSPS) is 13.4. The van der Waals surface area contributed by atoms with Crippen LogP contribution in [0.25, 0.3) is 10.9 Å². The Balaban J connectivity index is 0.000000517. The van der Waals surface area contributed by atoms with Crippen LogP contribution in [0.1, 0.15) is 27.6 Å². The van der Waals surface area contributed by atoms with Gasteiger partial charge in [-0.3, -0.25) is 14.3 Å². The van der Waals surface area contributed by atoms with Crippen LogP contribution in [0.5, 0.6) is 0 Å². The van der Waals surface area contributed by atoms with E-state index in [1.54, 1.807) is 0 Å². The van der Waals surface area contributed by atoms with Crippen molar-refractivity contribution in [3.05, 3.63) is 87.2 Å². The number of fused-ring (bicyclic) bond motifs is 2. The Bertz CT molecular complexity index is 1730. The van der Waals surface area contributed by atoms with E-state index in [1.807, 2.05) is 0 Å². The number of carbonyl (C=O) groups is 2. The van der Waals surface area contributed by atoms with Crippen LogP contribution in [0.2, 0.25) is 0 Å². The van der Waals surface area contributed by atoms with Gasteiger partial charge < -0.3 is 14.6 Å². The van der Waals surface area contributed by atoms with E-state index in [0.29, 0.717) is 5.56 Å². The molecule has 1 N–H and O–H groups in total. The second-order valence-corrected chi connectivity index (χ2v) is 8.74. The number of rotatable bonds is 3. The molecule has 0 fully saturated rings. The van der Waals surface area contributed by atoms with Gasteiger partial charge in [0.15, 0.2) is 5.82 Å². The van der Waals surface area contributed by atoms with Crippen LogP contribution in [0.15, 0.2) is 47.4 Å². The summed E-state index contributed by atoms with van der Waals surface area (Å²) in [6.45, 7) is -0.644. The summed E-state index contributed by atoms with van der Waals surface area (Å²) in [6.07, 6.45) is -8.73. The lowest BCUT2D eigenvalue weighted by molar-refractivity contribution is -0.192. The first-order valence-electron chi connectivity index (χ1n) is 11.6. The summed E-state index contributed by atoms with van der Waals surface area (Å²) in [4.78, 5) is 35.1. The number of nitrogens with zero attached hydrogens (tertiary/aromatic N) is 6. The molecule has 0 saturated carbocycles. The molecule has 42 heavy (non-hydrogen) atoms. The SMILES string of the molecule is O=C(O)C(F)(F)F.O=C(c1cc(Cn2ncc(=O)c3cccc(F)c32)ccc1F)N1CCn2c(nnc2C(F)(F)F)C1. The minimum atomic E-state index is -5.08. The van der Waals surface area contributed by atoms with E-state index in [4.69, 9.17) is 9.90 Å². The average Bonchev–Trinajstić information content (AvgIpc) is 3.35. The lowest BCUT2D eigenvalue weighted by atomic mass is 10.1. The van der Waals surface area contributed by atoms with E-state index < -0.39 is 47.1 Å². The summed E-state index contributed by atoms with van der Waals surface area (Å²) in [5.41, 5.74) is -0.405. The van der Waals surface area contributed by atoms with Crippen molar-refractivity contribution in [1.82, 2.24) is 29.4 Å². The minimum Gasteiger partial charge on any atom is -0.475 e. The van der Waals surface area contributed by atoms with Crippen molar-refractivity contribution < 1.29 is 49.8 Å². The zero-order valence-electron chi connectivity index (χ0n) is 20.7. The first-order chi connectivity index (χ1) is 19.6. The van der Waals surface area contributed by atoms with Crippen LogP contribution in [-0.2, 0) is 30.6 Å². The van der Waals surface area contributed by atoms with Gasteiger partial charge in [0.1, 0.15) is 17.2 Å². The van der Waals surface area contributed by atoms with Gasteiger partial charge in [0.05, 0.1) is 30.2 Å². The molecule has 0 spiro atoms. The molecular formula is C24H16F8N6O4. The molecule has 1 aliphatic rings. The number of alkyl halides is 6. The first-order valence-corrected chi connectivity index (χ1v) is 11.6. The maximum Gasteiger partial charge on any atom is 0.490 e. The molecule has 18 heteroatoms. The molecular weight excluding hydrogens is 588 g/mol. The summed E-state index contributed by atoms with van der Waals surface area (Å²) in [6, 6.07) is 7.76. The molecule has 1 aliphatic heterocycles. The van der Waals surface area contributed by atoms with E-state index in [-0.39, 0.29) is 48.5 Å². The van der Waals surface area contributed by atoms with Crippen molar-refractivity contribution in [3.8, 4) is 0 Å². The largest absolute Gasteiger partial charge is 0.490 e. The lowest BCUT2D eigenvalue weighted by Crippen LogP contribution is -2.39. The maximum atomic E-state index is 14.6. The third kappa shape index (κ3) is 6.21. The zero-order chi connectivity index (χ0) is 31.0. The molecule has 2 aromatic carbocycles. The molecule has 222 valence electrons. The van der Waals surface area contributed by atoms with E-state index in [1.165, 1.54) is 39.9 Å². The van der Waals surface area contributed by atoms with E-state index in [2.05, 4.69) is 15.3 Å². The van der Waals surface area contributed by atoms with Gasteiger partial charge in [0.25, 0.3) is 5.91 Å². The van der Waals surface area contributed by atoms with Gasteiger partial charge in [-0.05, 0) is 29.8 Å². The fourth-order valence-corrected chi connectivity index (χ4v) is 4.06. The van der Waals surface area contributed by atoms with E-state index >= 15 is 0 Å². The second kappa shape index (κ2) is 11.2. The number of carboxylic acids is 1. The molecule has 10 nitrogen and oxygen atoms in total. The number of aromatic nitrogens is 5. The van der Waals surface area contributed by atoms with Gasteiger partial charge in [0, 0.05) is 13.1 Å². The van der Waals surface area contributed by atoms with Crippen LogP contribution in [0, 0.1) is 11.6 Å². The number of carboxylic acid groups (broad SMARTS) is 1. The molecule has 3 heterocycles. The molecule has 0 atom stereocenters. The smallest absolute Gasteiger partial charge is 0.475 e. The molecule has 0 unspecified atom stereocenters. The second-order valence-electron chi connectivity index (χ2n) is 8.74. The fourth-order valence-electron chi connectivity index (χ4n) is 4.06. The van der Waals surface area contributed by atoms with Gasteiger partial charge in [0.2, 0.25) is 11.3 Å². The fraction of sp³-hybridized carbons (Fsp3) is 0.250. The quantitative estimate of drug-likeness (QED) is 0.355. The Labute approximate surface area is 228 Å². The van der Waals surface area contributed by atoms with Crippen LogP contribution < -0.4 is 5.43 Å². The number of hydrogen-bond donors (Lipinski definition) is 1. The van der Waals surface area contributed by atoms with Crippen molar-refractivity contribution in [2.75, 3.05) is 6.54 Å². The summed E-state index contributed by atoms with van der Waals surface area (Å²) in [5.74, 6) is -6.20. The predicted molar refractivity (Wildman–Crippen MR) is 125 cm³/mol. The molecule has 0 radical (unpaired) electrons. The standard InChI is InChI=1S/C22H15F5N6O2.C2HF3O2/c23-15-5-4-12(10-33-19-13(17(34)9-28-33)2-1-3-16(19)24)8-14(15)20(35)31-6-7-32-18(11-31)29-30-21(32)22(25,26)27;3-2(4,5)1(6)7/h1-5,8-9H,6-7,10-11H2;(H,6,7). The minimum absolute atomic E-state index is 0.0342. The highest BCUT2D eigenvalue weighted by atomic mass is 19.4. The highest BCUT2D eigenvalue weighted by molar-refractivity contribution is 5.94. The van der Waals surface area contributed by atoms with Gasteiger partial charge in [-0.15, -0.1) is 10.2 Å². The van der Waals surface area contributed by atoms with Gasteiger partial charge in [-0.25, -0.2) is 13.6 Å². The highest BCUT2D eigenvalue weighted by Crippen LogP contribution is 2.30. The molecule has 4 aromatic rings. The third-order valence-electron chi connectivity index (χ3n) is 5.95. The van der Waals surface area contributed by atoms with Crippen molar-refractivity contribution in [2.24, 2.45) is 0 Å². The molecule has 0 bridgehead atoms. The summed E-state index contributed by atoms with van der Waals surface area (Å²) >= 11 is 0. The Morgan fingerprint density at radius 3 is 2.29 bits per heavy atom. The van der Waals surface area contributed by atoms with Crippen LogP contribution in [0.3, 0.4) is 0 Å². The topological polar surface area (TPSA) is 123 Å². The third-order valence-corrected chi connectivity index (χ3v) is 5.95. The van der Waals surface area contributed by atoms with Crippen LogP contribution in [-0.4, -0.2) is 59.1 Å². The number of hydrogen-bond acceptors (Lipinski definition) is 6. The van der Waals surface area contributed by atoms with Gasteiger partial charge >= 0.3 is 18.3 Å². The Kier molecular flexibility index (Phi) is 8.00. The lowest BCUT2D eigenvalue weighted by Gasteiger charge is -2.28. The van der Waals surface area contributed by atoms with Gasteiger partial charge in [-0.1, -0.05) is 12.1 Å². The molecule has 1 amide bonds. The zero-order valence-corrected chi connectivity index (χ0v) is 20.7. The number of aliphatic carboxylic acids is 1. The number of carbonyl (C=O) groups excluding carboxylic acids is 1. The van der Waals surface area contributed by atoms with Crippen molar-refractivity contribution in [1.29, 1.82) is 0 Å². The number of amides is 1. The van der Waals surface area contributed by atoms with Gasteiger partial charge in [-0.2, -0.15) is 31.4 Å². The van der Waals surface area contributed by atoms with Crippen molar-refractivity contribution in [2.45, 2.75) is 32.0 Å². The summed E-state index contributed by atoms with van der Waals surface area (Å²) in [5, 5.41) is 17.9. The Morgan fingerprint density at radius 2 is 1.64 bits per heavy atom. The van der Waals surface area contributed by atoms with E-state index in [0.717, 1.165) is 16.8 Å². The number of halogens is 8. The number of para-hydroxylation sites is 1. The van der Waals surface area contributed by atoms with Crippen molar-refractivity contribution >= 4 is 22.8 Å². The highest BCUT2D eigenvalue weighted by Gasteiger charge is 2.40. The first kappa shape index (κ1) is 30.1. The summed E-state index contributed by atoms with van der Waals surface area (Å²) < 4.78 is 102. The summed E-state index contributed by atoms with van der Waals surface area (Å²) in [7, 11) is 0.